The van der Waals surface area contributed by atoms with E-state index in [0.717, 1.165) is 31.7 Å². The third kappa shape index (κ3) is 2.30. The molecule has 0 radical (unpaired) electrons. The number of nitrogens with zero attached hydrogens (tertiary/aromatic N) is 1. The lowest BCUT2D eigenvalue weighted by Crippen LogP contribution is -2.48. The van der Waals surface area contributed by atoms with Gasteiger partial charge in [0, 0.05) is 12.1 Å². The summed E-state index contributed by atoms with van der Waals surface area (Å²) >= 11 is 6.36. The molecule has 0 spiro atoms. The molecule has 0 bridgehead atoms. The van der Waals surface area contributed by atoms with E-state index in [0.29, 0.717) is 22.7 Å². The minimum Gasteiger partial charge on any atom is -0.384 e. The molecular weight excluding hydrogens is 262 g/mol. The molecule has 1 aromatic rings. The lowest BCUT2D eigenvalue weighted by atomic mass is 10.1. The van der Waals surface area contributed by atoms with E-state index in [9.17, 15) is 0 Å². The number of fused-ring (bicyclic) bond motifs is 1. The minimum atomic E-state index is 0.0502. The number of nitrogens with one attached hydrogen (secondary N) is 1. The van der Waals surface area contributed by atoms with Crippen LogP contribution in [0.3, 0.4) is 0 Å². The molecule has 19 heavy (non-hydrogen) atoms. The van der Waals surface area contributed by atoms with Crippen LogP contribution in [0.15, 0.2) is 18.2 Å². The molecular formula is C14H18ClN3O. The second-order valence-electron chi connectivity index (χ2n) is 5.18. The fourth-order valence-electron chi connectivity index (χ4n) is 3.13. The van der Waals surface area contributed by atoms with Gasteiger partial charge in [0.25, 0.3) is 0 Å². The first kappa shape index (κ1) is 12.8. The van der Waals surface area contributed by atoms with Gasteiger partial charge in [0.1, 0.15) is 5.84 Å². The van der Waals surface area contributed by atoms with Gasteiger partial charge in [0.2, 0.25) is 0 Å². The molecule has 2 fully saturated rings. The Balaban J connectivity index is 1.90. The van der Waals surface area contributed by atoms with E-state index in [1.54, 1.807) is 6.07 Å². The largest absolute Gasteiger partial charge is 0.384 e. The molecule has 2 aliphatic rings. The predicted octanol–water partition coefficient (Wildman–Crippen LogP) is 2.38. The molecule has 0 aromatic heterocycles. The number of halogens is 1. The number of amidine groups is 1. The lowest BCUT2D eigenvalue weighted by molar-refractivity contribution is 0.0256. The first-order valence-electron chi connectivity index (χ1n) is 6.69. The van der Waals surface area contributed by atoms with E-state index in [1.165, 1.54) is 6.42 Å². The number of hydrogen-bond donors (Lipinski definition) is 2. The SMILES string of the molecule is N=C(N)c1ccc(N2CCOC3CCCC32)c(Cl)c1. The number of ether oxygens (including phenoxy) is 1. The molecule has 1 aliphatic heterocycles. The number of rotatable bonds is 2. The number of morpholine rings is 1. The normalized spacial score (nSPS) is 26.3. The average molecular weight is 280 g/mol. The van der Waals surface area contributed by atoms with E-state index in [2.05, 4.69) is 4.90 Å². The molecule has 3 rings (SSSR count). The van der Waals surface area contributed by atoms with Crippen molar-refractivity contribution in [2.75, 3.05) is 18.1 Å². The van der Waals surface area contributed by atoms with Crippen molar-refractivity contribution in [1.82, 2.24) is 0 Å². The van der Waals surface area contributed by atoms with E-state index < -0.39 is 0 Å². The monoisotopic (exact) mass is 279 g/mol. The van der Waals surface area contributed by atoms with Crippen LogP contribution >= 0.6 is 11.6 Å². The Labute approximate surface area is 118 Å². The van der Waals surface area contributed by atoms with Crippen molar-refractivity contribution in [1.29, 1.82) is 5.41 Å². The van der Waals surface area contributed by atoms with Crippen LogP contribution in [0, 0.1) is 5.41 Å². The van der Waals surface area contributed by atoms with Gasteiger partial charge in [-0.2, -0.15) is 0 Å². The molecule has 2 atom stereocenters. The molecule has 3 N–H and O–H groups in total. The van der Waals surface area contributed by atoms with Gasteiger partial charge in [0.15, 0.2) is 0 Å². The van der Waals surface area contributed by atoms with Crippen molar-refractivity contribution in [2.24, 2.45) is 5.73 Å². The zero-order chi connectivity index (χ0) is 13.4. The van der Waals surface area contributed by atoms with Gasteiger partial charge >= 0.3 is 0 Å². The van der Waals surface area contributed by atoms with Gasteiger partial charge in [-0.3, -0.25) is 5.41 Å². The van der Waals surface area contributed by atoms with Crippen molar-refractivity contribution in [3.05, 3.63) is 28.8 Å². The Morgan fingerprint density at radius 1 is 1.42 bits per heavy atom. The van der Waals surface area contributed by atoms with Crippen LogP contribution in [0.25, 0.3) is 0 Å². The summed E-state index contributed by atoms with van der Waals surface area (Å²) in [6, 6.07) is 6.05. The van der Waals surface area contributed by atoms with Crippen LogP contribution in [0.2, 0.25) is 5.02 Å². The molecule has 1 saturated heterocycles. The zero-order valence-electron chi connectivity index (χ0n) is 10.7. The molecule has 1 saturated carbocycles. The quantitative estimate of drug-likeness (QED) is 0.645. The van der Waals surface area contributed by atoms with Gasteiger partial charge in [-0.1, -0.05) is 11.6 Å². The molecule has 0 amide bonds. The highest BCUT2D eigenvalue weighted by Gasteiger charge is 2.36. The van der Waals surface area contributed by atoms with Crippen LogP contribution in [0.4, 0.5) is 5.69 Å². The second kappa shape index (κ2) is 5.02. The Bertz CT molecular complexity index is 505. The Hall–Kier alpha value is -1.26. The van der Waals surface area contributed by atoms with Gasteiger partial charge < -0.3 is 15.4 Å². The third-order valence-electron chi connectivity index (χ3n) is 4.05. The maximum Gasteiger partial charge on any atom is 0.122 e. The van der Waals surface area contributed by atoms with Gasteiger partial charge in [-0.25, -0.2) is 0 Å². The van der Waals surface area contributed by atoms with E-state index in [-0.39, 0.29) is 5.84 Å². The lowest BCUT2D eigenvalue weighted by Gasteiger charge is -2.39. The van der Waals surface area contributed by atoms with Crippen molar-refractivity contribution in [3.8, 4) is 0 Å². The molecule has 5 heteroatoms. The summed E-state index contributed by atoms with van der Waals surface area (Å²) in [6.45, 7) is 1.63. The molecule has 1 aliphatic carbocycles. The summed E-state index contributed by atoms with van der Waals surface area (Å²) in [5.41, 5.74) is 7.19. The van der Waals surface area contributed by atoms with Crippen molar-refractivity contribution in [3.63, 3.8) is 0 Å². The summed E-state index contributed by atoms with van der Waals surface area (Å²) in [5.74, 6) is 0.0502. The molecule has 1 aromatic carbocycles. The summed E-state index contributed by atoms with van der Waals surface area (Å²) in [4.78, 5) is 2.35. The van der Waals surface area contributed by atoms with Crippen molar-refractivity contribution < 1.29 is 4.74 Å². The number of nitrogens with two attached hydrogens (primary N) is 1. The number of hydrogen-bond acceptors (Lipinski definition) is 3. The van der Waals surface area contributed by atoms with E-state index >= 15 is 0 Å². The Morgan fingerprint density at radius 2 is 2.26 bits per heavy atom. The van der Waals surface area contributed by atoms with Gasteiger partial charge in [0.05, 0.1) is 29.5 Å². The molecule has 4 nitrogen and oxygen atoms in total. The number of nitrogen functional groups attached to an aromatic ring is 1. The van der Waals surface area contributed by atoms with Crippen LogP contribution < -0.4 is 10.6 Å². The molecule has 2 unspecified atom stereocenters. The fourth-order valence-corrected chi connectivity index (χ4v) is 3.42. The summed E-state index contributed by atoms with van der Waals surface area (Å²) in [7, 11) is 0. The average Bonchev–Trinajstić information content (AvgIpc) is 2.86. The van der Waals surface area contributed by atoms with Gasteiger partial charge in [-0.15, -0.1) is 0 Å². The predicted molar refractivity (Wildman–Crippen MR) is 77.2 cm³/mol. The van der Waals surface area contributed by atoms with Crippen LogP contribution in [0.5, 0.6) is 0 Å². The van der Waals surface area contributed by atoms with Crippen LogP contribution in [0.1, 0.15) is 24.8 Å². The fraction of sp³-hybridized carbons (Fsp3) is 0.500. The maximum atomic E-state index is 7.45. The summed E-state index contributed by atoms with van der Waals surface area (Å²) in [6.07, 6.45) is 3.87. The standard InChI is InChI=1S/C14H18ClN3O/c15-10-8-9(14(16)17)4-5-11(10)18-6-7-19-13-3-1-2-12(13)18/h4-5,8,12-13H,1-3,6-7H2,(H3,16,17). The number of benzene rings is 1. The first-order valence-corrected chi connectivity index (χ1v) is 7.07. The second-order valence-corrected chi connectivity index (χ2v) is 5.59. The highest BCUT2D eigenvalue weighted by Crippen LogP contribution is 2.36. The van der Waals surface area contributed by atoms with Crippen molar-refractivity contribution >= 4 is 23.1 Å². The van der Waals surface area contributed by atoms with Crippen LogP contribution in [-0.4, -0.2) is 31.1 Å². The zero-order valence-corrected chi connectivity index (χ0v) is 11.5. The van der Waals surface area contributed by atoms with Gasteiger partial charge in [-0.05, 0) is 37.5 Å². The smallest absolute Gasteiger partial charge is 0.122 e. The Kier molecular flexibility index (Phi) is 3.37. The van der Waals surface area contributed by atoms with E-state index in [1.807, 2.05) is 12.1 Å². The van der Waals surface area contributed by atoms with E-state index in [4.69, 9.17) is 27.5 Å². The third-order valence-corrected chi connectivity index (χ3v) is 4.35. The Morgan fingerprint density at radius 3 is 3.00 bits per heavy atom. The highest BCUT2D eigenvalue weighted by molar-refractivity contribution is 6.33. The topological polar surface area (TPSA) is 62.3 Å². The summed E-state index contributed by atoms with van der Waals surface area (Å²) < 4.78 is 5.82. The molecule has 1 heterocycles. The highest BCUT2D eigenvalue weighted by atomic mass is 35.5. The van der Waals surface area contributed by atoms with Crippen LogP contribution in [-0.2, 0) is 4.74 Å². The maximum absolute atomic E-state index is 7.45. The molecule has 102 valence electrons. The first-order chi connectivity index (χ1) is 9.16. The van der Waals surface area contributed by atoms with Crippen molar-refractivity contribution in [2.45, 2.75) is 31.4 Å². The minimum absolute atomic E-state index is 0.0502. The summed E-state index contributed by atoms with van der Waals surface area (Å²) in [5, 5.41) is 8.12. The number of anilines is 1.